The van der Waals surface area contributed by atoms with Crippen LogP contribution >= 0.6 is 0 Å². The summed E-state index contributed by atoms with van der Waals surface area (Å²) in [6, 6.07) is 0. The minimum Gasteiger partial charge on any atom is -0.457 e. The van der Waals surface area contributed by atoms with Gasteiger partial charge in [-0.3, -0.25) is 14.4 Å². The Labute approximate surface area is 160 Å². The summed E-state index contributed by atoms with van der Waals surface area (Å²) in [7, 11) is 0. The molecule has 0 aliphatic heterocycles. The first-order valence-corrected chi connectivity index (χ1v) is 8.31. The Kier molecular flexibility index (Phi) is 11.7. The number of esters is 3. The highest BCUT2D eigenvalue weighted by atomic mass is 16.5. The Hall–Kier alpha value is -3.07. The molecule has 0 saturated carbocycles. The normalized spacial score (nSPS) is 12.5. The van der Waals surface area contributed by atoms with E-state index in [4.69, 9.17) is 14.2 Å². The van der Waals surface area contributed by atoms with Crippen molar-refractivity contribution in [2.24, 2.45) is 0 Å². The number of allylic oxidation sites excluding steroid dienone is 3. The third-order valence-corrected chi connectivity index (χ3v) is 2.80. The van der Waals surface area contributed by atoms with Crippen molar-refractivity contribution in [3.05, 3.63) is 47.5 Å². The molecule has 0 radical (unpaired) electrons. The third kappa shape index (κ3) is 13.9. The molecular formula is C21H26O6. The van der Waals surface area contributed by atoms with Crippen molar-refractivity contribution >= 4 is 17.9 Å². The molecule has 27 heavy (non-hydrogen) atoms. The second-order valence-electron chi connectivity index (χ2n) is 5.85. The number of hydrogen-bond donors (Lipinski definition) is 0. The summed E-state index contributed by atoms with van der Waals surface area (Å²) < 4.78 is 14.9. The van der Waals surface area contributed by atoms with Crippen LogP contribution in [-0.4, -0.2) is 24.0 Å². The van der Waals surface area contributed by atoms with E-state index in [9.17, 15) is 14.4 Å². The lowest BCUT2D eigenvalue weighted by molar-refractivity contribution is -0.144. The molecule has 0 aliphatic carbocycles. The lowest BCUT2D eigenvalue weighted by Gasteiger charge is -2.16. The smallest absolute Gasteiger partial charge is 0.307 e. The molecule has 6 nitrogen and oxygen atoms in total. The summed E-state index contributed by atoms with van der Waals surface area (Å²) in [4.78, 5) is 33.5. The van der Waals surface area contributed by atoms with Crippen LogP contribution in [0.5, 0.6) is 0 Å². The maximum Gasteiger partial charge on any atom is 0.307 e. The molecule has 1 unspecified atom stereocenters. The van der Waals surface area contributed by atoms with Gasteiger partial charge < -0.3 is 14.2 Å². The van der Waals surface area contributed by atoms with Gasteiger partial charge in [-0.2, -0.15) is 0 Å². The summed E-state index contributed by atoms with van der Waals surface area (Å²) in [6.45, 7) is 9.50. The number of hydrogen-bond acceptors (Lipinski definition) is 6. The fourth-order valence-corrected chi connectivity index (χ4v) is 1.66. The van der Waals surface area contributed by atoms with E-state index >= 15 is 0 Å². The van der Waals surface area contributed by atoms with Crippen molar-refractivity contribution in [2.75, 3.05) is 0 Å². The molecule has 6 heteroatoms. The van der Waals surface area contributed by atoms with E-state index in [0.29, 0.717) is 12.0 Å². The molecule has 0 fully saturated rings. The van der Waals surface area contributed by atoms with Gasteiger partial charge in [0.1, 0.15) is 12.4 Å². The summed E-state index contributed by atoms with van der Waals surface area (Å²) in [5.41, 5.74) is 2.23. The largest absolute Gasteiger partial charge is 0.457 e. The second kappa shape index (κ2) is 13.2. The van der Waals surface area contributed by atoms with E-state index in [0.717, 1.165) is 23.7 Å². The van der Waals surface area contributed by atoms with Gasteiger partial charge in [0.25, 0.3) is 0 Å². The highest BCUT2D eigenvalue weighted by Gasteiger charge is 2.16. The van der Waals surface area contributed by atoms with Gasteiger partial charge in [-0.15, -0.1) is 0 Å². The molecule has 0 rings (SSSR count). The predicted octanol–water partition coefficient (Wildman–Crippen LogP) is 3.75. The molecule has 0 aromatic carbocycles. The summed E-state index contributed by atoms with van der Waals surface area (Å²) >= 11 is 0. The number of carbonyl (C=O) groups excluding carboxylic acids is 3. The zero-order valence-corrected chi connectivity index (χ0v) is 16.6. The van der Waals surface area contributed by atoms with Crippen molar-refractivity contribution in [1.82, 2.24) is 0 Å². The van der Waals surface area contributed by atoms with Gasteiger partial charge in [-0.1, -0.05) is 23.5 Å². The molecule has 0 amide bonds. The van der Waals surface area contributed by atoms with Gasteiger partial charge in [0.2, 0.25) is 0 Å². The van der Waals surface area contributed by atoms with Crippen LogP contribution in [0, 0.1) is 11.8 Å². The van der Waals surface area contributed by atoms with E-state index in [2.05, 4.69) is 11.8 Å². The third-order valence-electron chi connectivity index (χ3n) is 2.80. The minimum absolute atomic E-state index is 0.298. The monoisotopic (exact) mass is 374 g/mol. The molecule has 0 bridgehead atoms. The van der Waals surface area contributed by atoms with E-state index in [-0.39, 0.29) is 0 Å². The van der Waals surface area contributed by atoms with Crippen molar-refractivity contribution < 1.29 is 28.6 Å². The molecule has 0 heterocycles. The number of carbonyl (C=O) groups is 3. The Morgan fingerprint density at radius 1 is 0.926 bits per heavy atom. The second-order valence-corrected chi connectivity index (χ2v) is 5.85. The number of rotatable bonds is 7. The molecule has 0 spiro atoms. The molecule has 0 aliphatic rings. The molecule has 0 saturated heterocycles. The van der Waals surface area contributed by atoms with Crippen molar-refractivity contribution in [1.29, 1.82) is 0 Å². The first-order chi connectivity index (χ1) is 12.6. The van der Waals surface area contributed by atoms with Crippen LogP contribution in [0.1, 0.15) is 48.0 Å². The quantitative estimate of drug-likeness (QED) is 0.222. The summed E-state index contributed by atoms with van der Waals surface area (Å²) in [5, 5.41) is 0. The SMILES string of the molecule is CC(=O)O/C=C\C(=C\OC(C)=O)C(C/C=C(\C)C#CC=C(C)C)OC(C)=O. The Balaban J connectivity index is 5.54. The van der Waals surface area contributed by atoms with Gasteiger partial charge in [-0.05, 0) is 38.5 Å². The van der Waals surface area contributed by atoms with Crippen LogP contribution in [-0.2, 0) is 28.6 Å². The van der Waals surface area contributed by atoms with Gasteiger partial charge in [0.05, 0.1) is 6.26 Å². The average molecular weight is 374 g/mol. The summed E-state index contributed by atoms with van der Waals surface area (Å²) in [6.07, 6.45) is 6.86. The highest BCUT2D eigenvalue weighted by Crippen LogP contribution is 2.16. The van der Waals surface area contributed by atoms with Crippen LogP contribution in [0.3, 0.4) is 0 Å². The van der Waals surface area contributed by atoms with Crippen molar-refractivity contribution in [3.8, 4) is 11.8 Å². The van der Waals surface area contributed by atoms with Crippen molar-refractivity contribution in [2.45, 2.75) is 54.1 Å². The van der Waals surface area contributed by atoms with Gasteiger partial charge in [0, 0.05) is 32.8 Å². The zero-order valence-electron chi connectivity index (χ0n) is 16.6. The van der Waals surface area contributed by atoms with Crippen LogP contribution in [0.2, 0.25) is 0 Å². The van der Waals surface area contributed by atoms with Gasteiger partial charge in [0.15, 0.2) is 0 Å². The predicted molar refractivity (Wildman–Crippen MR) is 102 cm³/mol. The van der Waals surface area contributed by atoms with Gasteiger partial charge in [-0.25, -0.2) is 0 Å². The van der Waals surface area contributed by atoms with Crippen molar-refractivity contribution in [3.63, 3.8) is 0 Å². The Morgan fingerprint density at radius 3 is 2.07 bits per heavy atom. The Morgan fingerprint density at radius 2 is 1.56 bits per heavy atom. The first kappa shape index (κ1) is 23.9. The fraction of sp³-hybridized carbons (Fsp3) is 0.381. The molecule has 0 aromatic heterocycles. The number of ether oxygens (including phenoxy) is 3. The lowest BCUT2D eigenvalue weighted by Crippen LogP contribution is -2.18. The average Bonchev–Trinajstić information content (AvgIpc) is 2.53. The maximum atomic E-state index is 11.4. The van der Waals surface area contributed by atoms with Crippen LogP contribution in [0.25, 0.3) is 0 Å². The van der Waals surface area contributed by atoms with Gasteiger partial charge >= 0.3 is 17.9 Å². The van der Waals surface area contributed by atoms with E-state index < -0.39 is 24.0 Å². The lowest BCUT2D eigenvalue weighted by atomic mass is 10.1. The minimum atomic E-state index is -0.742. The van der Waals surface area contributed by atoms with E-state index in [1.807, 2.05) is 20.8 Å². The molecule has 0 N–H and O–H groups in total. The summed E-state index contributed by atoms with van der Waals surface area (Å²) in [5.74, 6) is 4.35. The van der Waals surface area contributed by atoms with E-state index in [1.165, 1.54) is 26.8 Å². The highest BCUT2D eigenvalue weighted by molar-refractivity contribution is 5.68. The molecule has 0 aromatic rings. The van der Waals surface area contributed by atoms with E-state index in [1.54, 1.807) is 12.2 Å². The molecule has 1 atom stereocenters. The van der Waals surface area contributed by atoms with Crippen LogP contribution in [0.4, 0.5) is 0 Å². The first-order valence-electron chi connectivity index (χ1n) is 8.31. The molecular weight excluding hydrogens is 348 g/mol. The molecule has 146 valence electrons. The fourth-order valence-electron chi connectivity index (χ4n) is 1.66. The zero-order chi connectivity index (χ0) is 20.8. The Bertz CT molecular complexity index is 722. The standard InChI is InChI=1S/C21H26O6/c1-15(2)8-7-9-16(3)10-11-21(27-19(6)24)20(14-26-18(5)23)12-13-25-17(4)22/h8,10,12-14,21H,11H2,1-6H3/b13-12-,16-10+,20-14-. The van der Waals surface area contributed by atoms with Crippen LogP contribution < -0.4 is 0 Å². The topological polar surface area (TPSA) is 78.9 Å². The maximum absolute atomic E-state index is 11.4. The van der Waals surface area contributed by atoms with Crippen LogP contribution in [0.15, 0.2) is 47.5 Å².